The SMILES string of the molecule is CCOC(=O)c1c(NC(=O)c2nn3c(c2Br)NC(c2ccco2)CC3C(F)(F)F)sc2c1CCCC2. The van der Waals surface area contributed by atoms with E-state index in [2.05, 4.69) is 31.7 Å². The van der Waals surface area contributed by atoms with Crippen molar-refractivity contribution < 1.29 is 31.9 Å². The zero-order chi connectivity index (χ0) is 25.6. The molecule has 13 heteroatoms. The van der Waals surface area contributed by atoms with Gasteiger partial charge >= 0.3 is 12.1 Å². The zero-order valence-corrected chi connectivity index (χ0v) is 21.5. The third kappa shape index (κ3) is 4.42. The van der Waals surface area contributed by atoms with E-state index in [-0.39, 0.29) is 29.0 Å². The second-order valence-corrected chi connectivity index (χ2v) is 10.4. The standard InChI is InChI=1S/C23H22BrF3N4O4S/c1-2-34-22(33)16-11-6-3-4-8-14(11)36-21(16)29-20(32)18-17(24)19-28-12(13-7-5-9-35-13)10-15(23(25,26)27)31(19)30-18/h5,7,9,12,15,28H,2-4,6,8,10H2,1H3,(H,29,32). The minimum absolute atomic E-state index is 0.0196. The van der Waals surface area contributed by atoms with Gasteiger partial charge in [0.15, 0.2) is 11.7 Å². The molecule has 0 saturated carbocycles. The molecule has 2 N–H and O–H groups in total. The number of rotatable bonds is 5. The van der Waals surface area contributed by atoms with Crippen LogP contribution in [0.2, 0.25) is 0 Å². The molecule has 1 aliphatic carbocycles. The van der Waals surface area contributed by atoms with Crippen LogP contribution in [0.1, 0.15) is 75.3 Å². The average molecular weight is 587 g/mol. The van der Waals surface area contributed by atoms with Gasteiger partial charge in [-0.1, -0.05) is 0 Å². The second kappa shape index (κ2) is 9.58. The number of hydrogen-bond acceptors (Lipinski definition) is 7. The molecule has 4 heterocycles. The van der Waals surface area contributed by atoms with Gasteiger partial charge in [0.25, 0.3) is 5.91 Å². The highest BCUT2D eigenvalue weighted by Crippen LogP contribution is 2.46. The summed E-state index contributed by atoms with van der Waals surface area (Å²) in [6, 6.07) is 0.461. The number of aromatic nitrogens is 2. The van der Waals surface area contributed by atoms with Crippen molar-refractivity contribution in [2.45, 2.75) is 57.3 Å². The van der Waals surface area contributed by atoms with Gasteiger partial charge in [-0.25, -0.2) is 9.48 Å². The summed E-state index contributed by atoms with van der Waals surface area (Å²) in [5.74, 6) is -0.898. The molecule has 3 aromatic rings. The summed E-state index contributed by atoms with van der Waals surface area (Å²) in [5.41, 5.74) is 0.950. The summed E-state index contributed by atoms with van der Waals surface area (Å²) in [5, 5.41) is 10.1. The molecular formula is C23H22BrF3N4O4S. The molecule has 0 aromatic carbocycles. The second-order valence-electron chi connectivity index (χ2n) is 8.55. The van der Waals surface area contributed by atoms with Gasteiger partial charge in [-0.05, 0) is 66.2 Å². The smallest absolute Gasteiger partial charge is 0.410 e. The van der Waals surface area contributed by atoms with Gasteiger partial charge in [0.05, 0.1) is 28.9 Å². The number of ether oxygens (including phenoxy) is 1. The summed E-state index contributed by atoms with van der Waals surface area (Å²) in [7, 11) is 0. The molecule has 0 radical (unpaired) electrons. The molecule has 2 aliphatic rings. The van der Waals surface area contributed by atoms with Gasteiger partial charge in [0, 0.05) is 11.3 Å². The number of carbonyl (C=O) groups excluding carboxylic acids is 2. The number of alkyl halides is 3. The van der Waals surface area contributed by atoms with E-state index < -0.39 is 30.1 Å². The summed E-state index contributed by atoms with van der Waals surface area (Å²) in [6.45, 7) is 1.87. The number of aryl methyl sites for hydroxylation is 1. The molecule has 2 atom stereocenters. The van der Waals surface area contributed by atoms with E-state index in [1.807, 2.05) is 0 Å². The Bertz CT molecular complexity index is 1300. The van der Waals surface area contributed by atoms with Crippen molar-refractivity contribution in [2.24, 2.45) is 0 Å². The van der Waals surface area contributed by atoms with Gasteiger partial charge < -0.3 is 19.8 Å². The summed E-state index contributed by atoms with van der Waals surface area (Å²) >= 11 is 4.57. The van der Waals surface area contributed by atoms with E-state index in [1.165, 1.54) is 17.6 Å². The van der Waals surface area contributed by atoms with E-state index in [0.717, 1.165) is 34.4 Å². The van der Waals surface area contributed by atoms with E-state index in [1.54, 1.807) is 19.1 Å². The molecule has 0 bridgehead atoms. The van der Waals surface area contributed by atoms with Gasteiger partial charge in [0.2, 0.25) is 0 Å². The van der Waals surface area contributed by atoms with Gasteiger partial charge in [-0.3, -0.25) is 4.79 Å². The maximum absolute atomic E-state index is 14.0. The molecule has 2 unspecified atom stereocenters. The van der Waals surface area contributed by atoms with Crippen molar-refractivity contribution >= 4 is 50.0 Å². The Morgan fingerprint density at radius 3 is 2.83 bits per heavy atom. The number of amides is 1. The highest BCUT2D eigenvalue weighted by Gasteiger charge is 2.48. The van der Waals surface area contributed by atoms with Crippen LogP contribution in [0, 0.1) is 0 Å². The minimum Gasteiger partial charge on any atom is -0.467 e. The predicted octanol–water partition coefficient (Wildman–Crippen LogP) is 6.27. The van der Waals surface area contributed by atoms with E-state index in [0.29, 0.717) is 22.7 Å². The van der Waals surface area contributed by atoms with Crippen molar-refractivity contribution in [3.8, 4) is 0 Å². The fraction of sp³-hybridized carbons (Fsp3) is 0.435. The number of nitrogens with one attached hydrogen (secondary N) is 2. The first-order chi connectivity index (χ1) is 17.2. The van der Waals surface area contributed by atoms with Gasteiger partial charge in [0.1, 0.15) is 16.6 Å². The quantitative estimate of drug-likeness (QED) is 0.342. The number of thiophene rings is 1. The molecule has 8 nitrogen and oxygen atoms in total. The van der Waals surface area contributed by atoms with Crippen LogP contribution in [0.4, 0.5) is 24.0 Å². The Morgan fingerprint density at radius 2 is 2.14 bits per heavy atom. The maximum atomic E-state index is 14.0. The van der Waals surface area contributed by atoms with Crippen LogP contribution in [-0.4, -0.2) is 34.4 Å². The Morgan fingerprint density at radius 1 is 1.36 bits per heavy atom. The number of fused-ring (bicyclic) bond motifs is 2. The zero-order valence-electron chi connectivity index (χ0n) is 19.1. The van der Waals surface area contributed by atoms with Gasteiger partial charge in [-0.15, -0.1) is 11.3 Å². The number of anilines is 2. The lowest BCUT2D eigenvalue weighted by molar-refractivity contribution is -0.174. The number of halogens is 4. The predicted molar refractivity (Wildman–Crippen MR) is 130 cm³/mol. The highest BCUT2D eigenvalue weighted by molar-refractivity contribution is 9.10. The first-order valence-electron chi connectivity index (χ1n) is 11.5. The highest BCUT2D eigenvalue weighted by atomic mass is 79.9. The van der Waals surface area contributed by atoms with E-state index in [4.69, 9.17) is 9.15 Å². The molecule has 0 saturated heterocycles. The third-order valence-corrected chi connectivity index (χ3v) is 8.23. The van der Waals surface area contributed by atoms with Crippen LogP contribution in [0.5, 0.6) is 0 Å². The Labute approximate surface area is 216 Å². The number of nitrogens with zero attached hydrogens (tertiary/aromatic N) is 2. The summed E-state index contributed by atoms with van der Waals surface area (Å²) in [4.78, 5) is 27.0. The van der Waals surface area contributed by atoms with Crippen molar-refractivity contribution in [3.63, 3.8) is 0 Å². The molecule has 0 spiro atoms. The lowest BCUT2D eigenvalue weighted by Gasteiger charge is -2.32. The average Bonchev–Trinajstić information content (AvgIpc) is 3.55. The molecule has 36 heavy (non-hydrogen) atoms. The van der Waals surface area contributed by atoms with E-state index in [9.17, 15) is 22.8 Å². The van der Waals surface area contributed by atoms with Crippen LogP contribution in [0.25, 0.3) is 0 Å². The van der Waals surface area contributed by atoms with Gasteiger partial charge in [-0.2, -0.15) is 18.3 Å². The lowest BCUT2D eigenvalue weighted by Crippen LogP contribution is -2.35. The molecule has 5 rings (SSSR count). The lowest BCUT2D eigenvalue weighted by atomic mass is 9.95. The van der Waals surface area contributed by atoms with Crippen molar-refractivity contribution in [1.82, 2.24) is 9.78 Å². The molecule has 0 fully saturated rings. The number of carbonyl (C=O) groups is 2. The topological polar surface area (TPSA) is 98.4 Å². The maximum Gasteiger partial charge on any atom is 0.410 e. The monoisotopic (exact) mass is 586 g/mol. The Hall–Kier alpha value is -2.80. The summed E-state index contributed by atoms with van der Waals surface area (Å²) in [6.07, 6.45) is -0.191. The van der Waals surface area contributed by atoms with Crippen LogP contribution < -0.4 is 10.6 Å². The van der Waals surface area contributed by atoms with Crippen LogP contribution in [-0.2, 0) is 17.6 Å². The molecule has 1 aliphatic heterocycles. The molecule has 192 valence electrons. The molecular weight excluding hydrogens is 565 g/mol. The normalized spacial score (nSPS) is 19.2. The van der Waals surface area contributed by atoms with Crippen molar-refractivity contribution in [2.75, 3.05) is 17.2 Å². The molecule has 1 amide bonds. The number of furan rings is 1. The Kier molecular flexibility index (Phi) is 6.62. The van der Waals surface area contributed by atoms with Crippen molar-refractivity contribution in [1.29, 1.82) is 0 Å². The minimum atomic E-state index is -4.61. The third-order valence-electron chi connectivity index (χ3n) is 6.28. The Balaban J connectivity index is 1.50. The first kappa shape index (κ1) is 24.9. The largest absolute Gasteiger partial charge is 0.467 e. The van der Waals surface area contributed by atoms with Crippen LogP contribution in [0.15, 0.2) is 27.3 Å². The molecule has 3 aromatic heterocycles. The fourth-order valence-corrected chi connectivity index (χ4v) is 6.47. The first-order valence-corrected chi connectivity index (χ1v) is 13.1. The number of esters is 1. The number of hydrogen-bond donors (Lipinski definition) is 2. The van der Waals surface area contributed by atoms with Crippen LogP contribution >= 0.6 is 27.3 Å². The summed E-state index contributed by atoms with van der Waals surface area (Å²) < 4.78 is 53.4. The fourth-order valence-electron chi connectivity index (χ4n) is 4.65. The van der Waals surface area contributed by atoms with E-state index >= 15 is 0 Å². The van der Waals surface area contributed by atoms with Crippen LogP contribution in [0.3, 0.4) is 0 Å². The van der Waals surface area contributed by atoms with Crippen molar-refractivity contribution in [3.05, 3.63) is 50.3 Å².